The normalized spacial score (nSPS) is 19.7. The second-order valence-electron chi connectivity index (χ2n) is 9.79. The number of aromatic amines is 1. The first kappa shape index (κ1) is 29.8. The molecule has 3 rings (SSSR count). The average molecular weight is 557 g/mol. The molecule has 0 aromatic carbocycles. The molecule has 0 spiro atoms. The van der Waals surface area contributed by atoms with Crippen LogP contribution in [0.3, 0.4) is 0 Å². The fraction of sp³-hybridized carbons (Fsp3) is 0.652. The second kappa shape index (κ2) is 12.4. The fourth-order valence-corrected chi connectivity index (χ4v) is 6.01. The Balaban J connectivity index is 1.70. The van der Waals surface area contributed by atoms with Gasteiger partial charge in [-0.1, -0.05) is 0 Å². The Labute approximate surface area is 220 Å². The van der Waals surface area contributed by atoms with Crippen molar-refractivity contribution in [2.24, 2.45) is 0 Å². The third-order valence-corrected chi connectivity index (χ3v) is 7.68. The Kier molecular flexibility index (Phi) is 9.71. The monoisotopic (exact) mass is 556 g/mol. The molecule has 5 N–H and O–H groups in total. The van der Waals surface area contributed by atoms with E-state index < -0.39 is 49.4 Å². The minimum atomic E-state index is -3.67. The van der Waals surface area contributed by atoms with E-state index in [1.54, 1.807) is 38.3 Å². The lowest BCUT2D eigenvalue weighted by Gasteiger charge is -2.27. The number of anilines is 1. The molecule has 14 nitrogen and oxygen atoms in total. The largest absolute Gasteiger partial charge is 0.462 e. The van der Waals surface area contributed by atoms with E-state index in [0.717, 1.165) is 0 Å². The number of nitrogen functional groups attached to an aromatic ring is 1. The van der Waals surface area contributed by atoms with Crippen LogP contribution in [0.15, 0.2) is 17.2 Å². The van der Waals surface area contributed by atoms with Crippen LogP contribution in [0.5, 0.6) is 0 Å². The molecule has 0 unspecified atom stereocenters. The highest BCUT2D eigenvalue weighted by molar-refractivity contribution is 7.59. The van der Waals surface area contributed by atoms with Gasteiger partial charge in [0.2, 0.25) is 7.44 Å². The van der Waals surface area contributed by atoms with Gasteiger partial charge in [0.15, 0.2) is 5.52 Å². The number of hydrogen-bond acceptors (Lipinski definition) is 10. The van der Waals surface area contributed by atoms with E-state index in [9.17, 15) is 18.9 Å². The molecular weight excluding hydrogens is 519 g/mol. The van der Waals surface area contributed by atoms with E-state index in [0.29, 0.717) is 11.9 Å². The van der Waals surface area contributed by atoms with E-state index in [1.165, 1.54) is 20.2 Å². The molecule has 2 aromatic rings. The molecule has 1 aliphatic heterocycles. The van der Waals surface area contributed by atoms with Crippen molar-refractivity contribution in [3.63, 3.8) is 0 Å². The predicted molar refractivity (Wildman–Crippen MR) is 139 cm³/mol. The molecule has 0 amide bonds. The van der Waals surface area contributed by atoms with Crippen molar-refractivity contribution in [3.05, 3.63) is 22.7 Å². The van der Waals surface area contributed by atoms with Crippen LogP contribution in [-0.4, -0.2) is 69.8 Å². The zero-order chi connectivity index (χ0) is 28.2. The molecule has 0 saturated carbocycles. The zero-order valence-electron chi connectivity index (χ0n) is 22.4. The van der Waals surface area contributed by atoms with Crippen LogP contribution in [-0.2, 0) is 33.1 Å². The number of hydrogen-bond donors (Lipinski definition) is 4. The number of H-pyrrole nitrogens is 1. The van der Waals surface area contributed by atoms with Crippen molar-refractivity contribution in [2.45, 2.75) is 84.6 Å². The van der Waals surface area contributed by atoms with Crippen LogP contribution >= 0.6 is 7.44 Å². The van der Waals surface area contributed by atoms with Crippen LogP contribution in [0.1, 0.15) is 54.2 Å². The van der Waals surface area contributed by atoms with Crippen molar-refractivity contribution in [1.29, 1.82) is 0 Å². The van der Waals surface area contributed by atoms with Crippen molar-refractivity contribution in [1.82, 2.24) is 24.7 Å². The van der Waals surface area contributed by atoms with Gasteiger partial charge in [-0.25, -0.2) is 15.2 Å². The second-order valence-corrected chi connectivity index (χ2v) is 12.0. The summed E-state index contributed by atoms with van der Waals surface area (Å²) in [5.74, 6) is -0.988. The molecule has 38 heavy (non-hydrogen) atoms. The number of ether oxygens (including phenoxy) is 4. The minimum absolute atomic E-state index is 0.179. The highest BCUT2D eigenvalue weighted by Crippen LogP contribution is 2.39. The van der Waals surface area contributed by atoms with Crippen molar-refractivity contribution >= 4 is 36.2 Å². The number of aromatic nitrogens is 3. The van der Waals surface area contributed by atoms with Gasteiger partial charge in [-0.2, -0.15) is 0 Å². The number of imidazole rings is 1. The maximum atomic E-state index is 13.9. The van der Waals surface area contributed by atoms with Crippen molar-refractivity contribution in [2.75, 3.05) is 18.7 Å². The summed E-state index contributed by atoms with van der Waals surface area (Å²) in [5.41, 5.74) is 6.12. The molecule has 0 radical (unpaired) electrons. The molecule has 1 saturated heterocycles. The van der Waals surface area contributed by atoms with Crippen molar-refractivity contribution in [3.8, 4) is 0 Å². The Bertz CT molecular complexity index is 1210. The van der Waals surface area contributed by atoms with E-state index in [1.807, 2.05) is 0 Å². The molecule has 0 aliphatic carbocycles. The lowest BCUT2D eigenvalue weighted by atomic mass is 10.3. The number of carbonyl (C=O) groups excluding carboxylic acids is 2. The summed E-state index contributed by atoms with van der Waals surface area (Å²) in [5, 5.41) is 5.53. The molecule has 0 bridgehead atoms. The zero-order valence-corrected chi connectivity index (χ0v) is 23.3. The predicted octanol–water partition coefficient (Wildman–Crippen LogP) is 1.62. The summed E-state index contributed by atoms with van der Waals surface area (Å²) in [6.07, 6.45) is -0.153. The van der Waals surface area contributed by atoms with Gasteiger partial charge < -0.3 is 34.2 Å². The van der Waals surface area contributed by atoms with Gasteiger partial charge >= 0.3 is 11.9 Å². The molecule has 15 heteroatoms. The maximum Gasteiger partial charge on any atom is 0.323 e. The number of carbonyl (C=O) groups is 2. The number of nitrogens with zero attached hydrogens (tertiary/aromatic N) is 2. The number of nitrogens with one attached hydrogen (secondary N) is 3. The first-order valence-electron chi connectivity index (χ1n) is 12.4. The lowest BCUT2D eigenvalue weighted by Crippen LogP contribution is -2.43. The summed E-state index contributed by atoms with van der Waals surface area (Å²) < 4.78 is 37.7. The highest BCUT2D eigenvalue weighted by atomic mass is 31.2. The first-order valence-corrected chi connectivity index (χ1v) is 14.3. The summed E-state index contributed by atoms with van der Waals surface area (Å²) >= 11 is 0. The van der Waals surface area contributed by atoms with Crippen LogP contribution < -0.4 is 21.5 Å². The number of pyridine rings is 1. The minimum Gasteiger partial charge on any atom is -0.462 e. The standard InChI is InChI=1S/C23H37N6O8P/c1-12(2)36-22(31)14(5)27-38(33,28-15(6)23(32)37-13(3)4)11-35-16-7-19(34-9-16)29-10-25-20-17(29)8-18(24)26-21(20)30/h8,10,12-16,19H,7,9,11H2,1-6H3,(H3,24,26,30)(H2,27,28,33)/t14-,15-,16+,19+/m0/s1. The Morgan fingerprint density at radius 2 is 1.74 bits per heavy atom. The summed E-state index contributed by atoms with van der Waals surface area (Å²) in [6.45, 7) is 10.0. The lowest BCUT2D eigenvalue weighted by molar-refractivity contribution is -0.149. The van der Waals surface area contributed by atoms with Crippen LogP contribution in [0.4, 0.5) is 5.82 Å². The van der Waals surface area contributed by atoms with Gasteiger partial charge in [-0.05, 0) is 41.5 Å². The first-order chi connectivity index (χ1) is 17.8. The maximum absolute atomic E-state index is 13.9. The Hall–Kier alpha value is -2.77. The summed E-state index contributed by atoms with van der Waals surface area (Å²) in [6, 6.07) is -0.291. The van der Waals surface area contributed by atoms with Crippen LogP contribution in [0.25, 0.3) is 11.0 Å². The topological polar surface area (TPSA) is 189 Å². The number of fused-ring (bicyclic) bond motifs is 1. The van der Waals surface area contributed by atoms with E-state index in [2.05, 4.69) is 20.1 Å². The van der Waals surface area contributed by atoms with Crippen molar-refractivity contribution < 1.29 is 33.1 Å². The third kappa shape index (κ3) is 7.64. The molecule has 4 atom stereocenters. The average Bonchev–Trinajstić information content (AvgIpc) is 3.43. The number of rotatable bonds is 12. The van der Waals surface area contributed by atoms with Gasteiger partial charge in [-0.3, -0.25) is 18.9 Å². The van der Waals surface area contributed by atoms with E-state index >= 15 is 0 Å². The smallest absolute Gasteiger partial charge is 0.323 e. The molecule has 2 aromatic heterocycles. The van der Waals surface area contributed by atoms with Gasteiger partial charge in [0.25, 0.3) is 5.56 Å². The Morgan fingerprint density at radius 3 is 2.29 bits per heavy atom. The van der Waals surface area contributed by atoms with Crippen LogP contribution in [0.2, 0.25) is 0 Å². The Morgan fingerprint density at radius 1 is 1.16 bits per heavy atom. The van der Waals surface area contributed by atoms with Gasteiger partial charge in [0, 0.05) is 12.5 Å². The van der Waals surface area contributed by atoms with Gasteiger partial charge in [-0.15, -0.1) is 0 Å². The summed E-state index contributed by atoms with van der Waals surface area (Å²) in [4.78, 5) is 43.5. The quantitative estimate of drug-likeness (QED) is 0.219. The summed E-state index contributed by atoms with van der Waals surface area (Å²) in [7, 11) is -3.67. The van der Waals surface area contributed by atoms with Gasteiger partial charge in [0.1, 0.15) is 30.5 Å². The van der Waals surface area contributed by atoms with Crippen LogP contribution in [0, 0.1) is 0 Å². The number of esters is 2. The SMILES string of the molecule is CC(C)OC(=O)[C@H](C)NP(=O)(CO[C@H]1CO[C@@H](n2cnc3c(=O)[nH]c(N)cc32)C1)N[C@@H](C)C(=O)OC(C)C. The number of nitrogens with two attached hydrogens (primary N) is 1. The highest BCUT2D eigenvalue weighted by Gasteiger charge is 2.35. The third-order valence-electron chi connectivity index (χ3n) is 5.55. The molecular formula is C23H37N6O8P. The molecule has 212 valence electrons. The fourth-order valence-electron chi connectivity index (χ4n) is 3.90. The van der Waals surface area contributed by atoms with Gasteiger partial charge in [0.05, 0.1) is 36.8 Å². The van der Waals surface area contributed by atoms with E-state index in [4.69, 9.17) is 24.7 Å². The molecule has 1 fully saturated rings. The molecule has 1 aliphatic rings. The molecule has 3 heterocycles. The van der Waals surface area contributed by atoms with E-state index in [-0.39, 0.29) is 36.5 Å².